The number of anilines is 1. The van der Waals surface area contributed by atoms with E-state index in [1.54, 1.807) is 24.0 Å². The fourth-order valence-corrected chi connectivity index (χ4v) is 2.73. The maximum absolute atomic E-state index is 12.6. The van der Waals surface area contributed by atoms with E-state index in [1.807, 2.05) is 24.3 Å². The lowest BCUT2D eigenvalue weighted by Crippen LogP contribution is -2.48. The predicted octanol–water partition coefficient (Wildman–Crippen LogP) is 2.38. The zero-order chi connectivity index (χ0) is 15.5. The van der Waals surface area contributed by atoms with Crippen molar-refractivity contribution < 1.29 is 14.0 Å². The van der Waals surface area contributed by atoms with Crippen LogP contribution in [0.25, 0.3) is 0 Å². The highest BCUT2D eigenvalue weighted by Crippen LogP contribution is 2.27. The van der Waals surface area contributed by atoms with Crippen molar-refractivity contribution in [3.05, 3.63) is 54.0 Å². The topological polar surface area (TPSA) is 62.6 Å². The third kappa shape index (κ3) is 2.74. The summed E-state index contributed by atoms with van der Waals surface area (Å²) in [5.41, 5.74) is 2.12. The van der Waals surface area contributed by atoms with Crippen molar-refractivity contribution in [1.82, 2.24) is 5.32 Å². The van der Waals surface area contributed by atoms with Gasteiger partial charge in [0.1, 0.15) is 6.04 Å². The first kappa shape index (κ1) is 14.4. The van der Waals surface area contributed by atoms with Crippen LogP contribution >= 0.6 is 0 Å². The third-order valence-corrected chi connectivity index (χ3v) is 3.84. The van der Waals surface area contributed by atoms with Crippen LogP contribution in [0.15, 0.2) is 47.1 Å². The predicted molar refractivity (Wildman–Crippen MR) is 82.8 cm³/mol. The molecule has 22 heavy (non-hydrogen) atoms. The number of furan rings is 1. The fraction of sp³-hybridized carbons (Fsp3) is 0.294. The minimum absolute atomic E-state index is 0.105. The Morgan fingerprint density at radius 2 is 2.05 bits per heavy atom. The fourth-order valence-electron chi connectivity index (χ4n) is 2.73. The maximum atomic E-state index is 12.6. The molecule has 1 N–H and O–H groups in total. The molecule has 5 nitrogen and oxygen atoms in total. The van der Waals surface area contributed by atoms with Gasteiger partial charge in [-0.25, -0.2) is 0 Å². The normalized spacial score (nSPS) is 15.0. The monoisotopic (exact) mass is 298 g/mol. The van der Waals surface area contributed by atoms with Gasteiger partial charge in [0.2, 0.25) is 5.91 Å². The Labute approximate surface area is 128 Å². The van der Waals surface area contributed by atoms with E-state index in [0.717, 1.165) is 18.5 Å². The molecule has 2 aromatic rings. The highest BCUT2D eigenvalue weighted by molar-refractivity contribution is 6.01. The average molecular weight is 298 g/mol. The Balaban J connectivity index is 1.73. The SMILES string of the molecule is C[C@H](NC(=O)c1ccco1)C(=O)N1CCCc2ccccc21. The Hall–Kier alpha value is -2.56. The zero-order valence-corrected chi connectivity index (χ0v) is 12.4. The van der Waals surface area contributed by atoms with E-state index < -0.39 is 6.04 Å². The molecule has 0 saturated carbocycles. The molecular formula is C17H18N2O3. The van der Waals surface area contributed by atoms with Gasteiger partial charge in [-0.3, -0.25) is 9.59 Å². The number of amides is 2. The Morgan fingerprint density at radius 3 is 2.82 bits per heavy atom. The van der Waals surface area contributed by atoms with Gasteiger partial charge in [0.05, 0.1) is 6.26 Å². The zero-order valence-electron chi connectivity index (χ0n) is 12.4. The minimum Gasteiger partial charge on any atom is -0.459 e. The second-order valence-corrected chi connectivity index (χ2v) is 5.39. The number of aryl methyl sites for hydroxylation is 1. The molecule has 1 aromatic heterocycles. The minimum atomic E-state index is -0.608. The molecule has 1 aromatic carbocycles. The molecule has 0 aliphatic carbocycles. The number of fused-ring (bicyclic) bond motifs is 1. The molecule has 0 bridgehead atoms. The van der Waals surface area contributed by atoms with Crippen molar-refractivity contribution in [2.24, 2.45) is 0 Å². The summed E-state index contributed by atoms with van der Waals surface area (Å²) in [6.45, 7) is 2.37. The van der Waals surface area contributed by atoms with Gasteiger partial charge in [0.25, 0.3) is 5.91 Å². The first-order chi connectivity index (χ1) is 10.7. The summed E-state index contributed by atoms with van der Waals surface area (Å²) in [5, 5.41) is 2.69. The summed E-state index contributed by atoms with van der Waals surface area (Å²) >= 11 is 0. The van der Waals surface area contributed by atoms with E-state index in [2.05, 4.69) is 5.32 Å². The number of nitrogens with one attached hydrogen (secondary N) is 1. The van der Waals surface area contributed by atoms with Gasteiger partial charge in [-0.1, -0.05) is 18.2 Å². The van der Waals surface area contributed by atoms with E-state index in [9.17, 15) is 9.59 Å². The summed E-state index contributed by atoms with van der Waals surface area (Å²) < 4.78 is 5.04. The van der Waals surface area contributed by atoms with E-state index in [0.29, 0.717) is 6.54 Å². The van der Waals surface area contributed by atoms with Gasteiger partial charge in [-0.15, -0.1) is 0 Å². The molecule has 0 radical (unpaired) electrons. The van der Waals surface area contributed by atoms with Crippen LogP contribution in [0.5, 0.6) is 0 Å². The molecule has 0 unspecified atom stereocenters. The van der Waals surface area contributed by atoms with Crippen molar-refractivity contribution in [1.29, 1.82) is 0 Å². The second kappa shape index (κ2) is 6.05. The highest BCUT2D eigenvalue weighted by atomic mass is 16.3. The first-order valence-electron chi connectivity index (χ1n) is 7.40. The summed E-state index contributed by atoms with van der Waals surface area (Å²) in [6, 6.07) is 10.5. The number of hydrogen-bond donors (Lipinski definition) is 1. The Morgan fingerprint density at radius 1 is 1.23 bits per heavy atom. The van der Waals surface area contributed by atoms with E-state index >= 15 is 0 Å². The molecule has 114 valence electrons. The standard InChI is InChI=1S/C17H18N2O3/c1-12(18-16(20)15-9-5-11-22-15)17(21)19-10-4-7-13-6-2-3-8-14(13)19/h2-3,5-6,8-9,11-12H,4,7,10H2,1H3,(H,18,20)/t12-/m0/s1. The lowest BCUT2D eigenvalue weighted by atomic mass is 10.0. The third-order valence-electron chi connectivity index (χ3n) is 3.84. The molecule has 0 fully saturated rings. The highest BCUT2D eigenvalue weighted by Gasteiger charge is 2.27. The van der Waals surface area contributed by atoms with Crippen molar-refractivity contribution in [2.75, 3.05) is 11.4 Å². The summed E-state index contributed by atoms with van der Waals surface area (Å²) in [7, 11) is 0. The second-order valence-electron chi connectivity index (χ2n) is 5.39. The lowest BCUT2D eigenvalue weighted by molar-refractivity contribution is -0.120. The average Bonchev–Trinajstić information content (AvgIpc) is 3.08. The number of carbonyl (C=O) groups excluding carboxylic acids is 2. The van der Waals surface area contributed by atoms with Crippen LogP contribution in [0.4, 0.5) is 5.69 Å². The molecule has 2 heterocycles. The smallest absolute Gasteiger partial charge is 0.287 e. The van der Waals surface area contributed by atoms with Gasteiger partial charge in [-0.2, -0.15) is 0 Å². The van der Waals surface area contributed by atoms with Gasteiger partial charge >= 0.3 is 0 Å². The van der Waals surface area contributed by atoms with Gasteiger partial charge < -0.3 is 14.6 Å². The van der Waals surface area contributed by atoms with Gasteiger partial charge in [0.15, 0.2) is 5.76 Å². The molecule has 0 saturated heterocycles. The molecule has 1 aliphatic heterocycles. The summed E-state index contributed by atoms with van der Waals surface area (Å²) in [5.74, 6) is -0.276. The molecular weight excluding hydrogens is 280 g/mol. The van der Waals surface area contributed by atoms with Crippen LogP contribution in [0.2, 0.25) is 0 Å². The maximum Gasteiger partial charge on any atom is 0.287 e. The van der Waals surface area contributed by atoms with Crippen LogP contribution in [0.3, 0.4) is 0 Å². The molecule has 3 rings (SSSR count). The molecule has 1 atom stereocenters. The number of benzene rings is 1. The van der Waals surface area contributed by atoms with E-state index in [-0.39, 0.29) is 17.6 Å². The first-order valence-corrected chi connectivity index (χ1v) is 7.40. The van der Waals surface area contributed by atoms with Crippen LogP contribution in [0, 0.1) is 0 Å². The molecule has 1 aliphatic rings. The molecule has 2 amide bonds. The van der Waals surface area contributed by atoms with Crippen molar-refractivity contribution in [3.8, 4) is 0 Å². The Bertz CT molecular complexity index is 679. The molecule has 5 heteroatoms. The molecule has 0 spiro atoms. The van der Waals surface area contributed by atoms with Gasteiger partial charge in [-0.05, 0) is 43.5 Å². The number of rotatable bonds is 3. The number of para-hydroxylation sites is 1. The summed E-state index contributed by atoms with van der Waals surface area (Å²) in [6.07, 6.45) is 3.34. The van der Waals surface area contributed by atoms with Crippen molar-refractivity contribution in [2.45, 2.75) is 25.8 Å². The van der Waals surface area contributed by atoms with Gasteiger partial charge in [0, 0.05) is 12.2 Å². The summed E-state index contributed by atoms with van der Waals surface area (Å²) in [4.78, 5) is 26.4. The Kier molecular flexibility index (Phi) is 3.96. The number of carbonyl (C=O) groups is 2. The van der Waals surface area contributed by atoms with Crippen molar-refractivity contribution >= 4 is 17.5 Å². The largest absolute Gasteiger partial charge is 0.459 e. The van der Waals surface area contributed by atoms with Crippen LogP contribution in [-0.2, 0) is 11.2 Å². The van der Waals surface area contributed by atoms with E-state index in [1.165, 1.54) is 11.8 Å². The quantitative estimate of drug-likeness (QED) is 0.946. The van der Waals surface area contributed by atoms with Crippen LogP contribution in [0.1, 0.15) is 29.5 Å². The van der Waals surface area contributed by atoms with E-state index in [4.69, 9.17) is 4.42 Å². The number of hydrogen-bond acceptors (Lipinski definition) is 3. The van der Waals surface area contributed by atoms with Crippen LogP contribution < -0.4 is 10.2 Å². The number of nitrogens with zero attached hydrogens (tertiary/aromatic N) is 1. The lowest BCUT2D eigenvalue weighted by Gasteiger charge is -2.31. The van der Waals surface area contributed by atoms with Crippen molar-refractivity contribution in [3.63, 3.8) is 0 Å². The van der Waals surface area contributed by atoms with Crippen LogP contribution in [-0.4, -0.2) is 24.4 Å².